The second-order valence-electron chi connectivity index (χ2n) is 4.61. The lowest BCUT2D eigenvalue weighted by Crippen LogP contribution is -2.04. The molecule has 1 aromatic heterocycles. The minimum absolute atomic E-state index is 0.126. The molecular weight excluding hydrogens is 262 g/mol. The molecule has 2 rings (SSSR count). The molecule has 0 radical (unpaired) electrons. The van der Waals surface area contributed by atoms with Gasteiger partial charge in [0.25, 0.3) is 0 Å². The largest absolute Gasteiger partial charge is 0.507 e. The van der Waals surface area contributed by atoms with Crippen LogP contribution in [0, 0.1) is 20.8 Å². The van der Waals surface area contributed by atoms with Gasteiger partial charge in [-0.25, -0.2) is 4.98 Å². The minimum Gasteiger partial charge on any atom is -0.507 e. The molecule has 19 heavy (non-hydrogen) atoms. The lowest BCUT2D eigenvalue weighted by molar-refractivity contribution is 0.103. The van der Waals surface area contributed by atoms with Crippen molar-refractivity contribution in [2.45, 2.75) is 20.8 Å². The van der Waals surface area contributed by atoms with E-state index in [0.717, 1.165) is 0 Å². The van der Waals surface area contributed by atoms with Crippen LogP contribution in [0.4, 0.5) is 0 Å². The van der Waals surface area contributed by atoms with E-state index in [9.17, 15) is 9.90 Å². The number of aryl methyl sites for hydroxylation is 3. The van der Waals surface area contributed by atoms with E-state index in [0.29, 0.717) is 33.1 Å². The lowest BCUT2D eigenvalue weighted by Gasteiger charge is -2.08. The molecule has 1 N–H and O–H groups in total. The highest BCUT2D eigenvalue weighted by atomic mass is 35.5. The highest BCUT2D eigenvalue weighted by molar-refractivity contribution is 6.30. The number of rotatable bonds is 2. The minimum atomic E-state index is -0.126. The van der Waals surface area contributed by atoms with E-state index in [4.69, 9.17) is 11.6 Å². The summed E-state index contributed by atoms with van der Waals surface area (Å²) in [5, 5.41) is 10.0. The van der Waals surface area contributed by atoms with Crippen LogP contribution < -0.4 is 0 Å². The van der Waals surface area contributed by atoms with Crippen LogP contribution >= 0.6 is 11.6 Å². The first-order valence-electron chi connectivity index (χ1n) is 5.87. The quantitative estimate of drug-likeness (QED) is 0.673. The van der Waals surface area contributed by atoms with Gasteiger partial charge in [0.15, 0.2) is 5.78 Å². The number of ketones is 1. The van der Waals surface area contributed by atoms with Crippen molar-refractivity contribution >= 4 is 17.4 Å². The molecule has 0 fully saturated rings. The topological polar surface area (TPSA) is 50.2 Å². The zero-order chi connectivity index (χ0) is 14.2. The second kappa shape index (κ2) is 5.02. The normalized spacial score (nSPS) is 10.5. The van der Waals surface area contributed by atoms with Crippen LogP contribution in [-0.2, 0) is 0 Å². The van der Waals surface area contributed by atoms with Gasteiger partial charge in [-0.15, -0.1) is 0 Å². The van der Waals surface area contributed by atoms with Gasteiger partial charge < -0.3 is 5.11 Å². The molecule has 3 nitrogen and oxygen atoms in total. The van der Waals surface area contributed by atoms with E-state index in [1.165, 1.54) is 0 Å². The Morgan fingerprint density at radius 1 is 1.05 bits per heavy atom. The molecule has 1 heterocycles. The number of aromatic nitrogens is 1. The summed E-state index contributed by atoms with van der Waals surface area (Å²) < 4.78 is 0. The number of carbonyl (C=O) groups excluding carboxylic acids is 1. The highest BCUT2D eigenvalue weighted by Gasteiger charge is 2.13. The van der Waals surface area contributed by atoms with Crippen molar-refractivity contribution in [1.82, 2.24) is 4.98 Å². The summed E-state index contributed by atoms with van der Waals surface area (Å²) in [5.41, 5.74) is 3.10. The van der Waals surface area contributed by atoms with Crippen LogP contribution in [0.1, 0.15) is 32.7 Å². The van der Waals surface area contributed by atoms with Crippen molar-refractivity contribution < 1.29 is 9.90 Å². The predicted molar refractivity (Wildman–Crippen MR) is 75.0 cm³/mol. The van der Waals surface area contributed by atoms with Gasteiger partial charge >= 0.3 is 0 Å². The Hall–Kier alpha value is -1.87. The first kappa shape index (κ1) is 13.6. The van der Waals surface area contributed by atoms with E-state index in [1.807, 2.05) is 0 Å². The molecule has 0 spiro atoms. The molecule has 0 saturated heterocycles. The molecule has 4 heteroatoms. The Bertz CT molecular complexity index is 622. The van der Waals surface area contributed by atoms with Gasteiger partial charge in [0, 0.05) is 16.8 Å². The predicted octanol–water partition coefficient (Wildman–Crippen LogP) is 3.60. The van der Waals surface area contributed by atoms with E-state index in [-0.39, 0.29) is 11.5 Å². The number of phenolic OH excluding ortho intramolecular Hbond substituents is 1. The number of hydrogen-bond acceptors (Lipinski definition) is 3. The van der Waals surface area contributed by atoms with E-state index >= 15 is 0 Å². The first-order chi connectivity index (χ1) is 8.88. The van der Waals surface area contributed by atoms with Gasteiger partial charge in [0.1, 0.15) is 10.9 Å². The maximum atomic E-state index is 12.4. The van der Waals surface area contributed by atoms with Crippen molar-refractivity contribution in [1.29, 1.82) is 0 Å². The van der Waals surface area contributed by atoms with Gasteiger partial charge in [-0.3, -0.25) is 4.79 Å². The van der Waals surface area contributed by atoms with Crippen molar-refractivity contribution in [2.24, 2.45) is 0 Å². The Balaban J connectivity index is 2.50. The number of pyridine rings is 1. The SMILES string of the molecule is Cc1cc(C(=O)c2cc(C)c(O)c(C)c2)cc(Cl)n1. The Labute approximate surface area is 116 Å². The van der Waals surface area contributed by atoms with Crippen LogP contribution in [0.3, 0.4) is 0 Å². The van der Waals surface area contributed by atoms with Crippen molar-refractivity contribution in [3.63, 3.8) is 0 Å². The van der Waals surface area contributed by atoms with Gasteiger partial charge in [0.05, 0.1) is 0 Å². The number of hydrogen-bond donors (Lipinski definition) is 1. The Morgan fingerprint density at radius 3 is 2.11 bits per heavy atom. The fourth-order valence-corrected chi connectivity index (χ4v) is 2.26. The summed E-state index contributed by atoms with van der Waals surface area (Å²) in [4.78, 5) is 16.4. The summed E-state index contributed by atoms with van der Waals surface area (Å²) >= 11 is 5.87. The molecule has 0 amide bonds. The molecule has 0 aliphatic rings. The van der Waals surface area contributed by atoms with Gasteiger partial charge in [0.2, 0.25) is 0 Å². The van der Waals surface area contributed by atoms with Crippen LogP contribution in [0.15, 0.2) is 24.3 Å². The maximum absolute atomic E-state index is 12.4. The van der Waals surface area contributed by atoms with Crippen molar-refractivity contribution in [3.8, 4) is 5.75 Å². The molecule has 0 atom stereocenters. The molecule has 2 aromatic rings. The van der Waals surface area contributed by atoms with Crippen LogP contribution in [0.2, 0.25) is 5.15 Å². The number of carbonyl (C=O) groups is 1. The smallest absolute Gasteiger partial charge is 0.193 e. The average molecular weight is 276 g/mol. The third kappa shape index (κ3) is 2.76. The summed E-state index contributed by atoms with van der Waals surface area (Å²) in [6, 6.07) is 6.60. The van der Waals surface area contributed by atoms with Crippen LogP contribution in [0.25, 0.3) is 0 Å². The zero-order valence-corrected chi connectivity index (χ0v) is 11.7. The third-order valence-corrected chi connectivity index (χ3v) is 3.13. The molecule has 1 aromatic carbocycles. The van der Waals surface area contributed by atoms with E-state index in [1.54, 1.807) is 45.0 Å². The summed E-state index contributed by atoms with van der Waals surface area (Å²) in [7, 11) is 0. The van der Waals surface area contributed by atoms with Crippen LogP contribution in [-0.4, -0.2) is 15.9 Å². The number of phenols is 1. The Morgan fingerprint density at radius 2 is 1.58 bits per heavy atom. The fourth-order valence-electron chi connectivity index (χ4n) is 2.01. The average Bonchev–Trinajstić information content (AvgIpc) is 2.33. The van der Waals surface area contributed by atoms with Gasteiger partial charge in [-0.1, -0.05) is 11.6 Å². The maximum Gasteiger partial charge on any atom is 0.193 e. The van der Waals surface area contributed by atoms with Gasteiger partial charge in [-0.05, 0) is 56.2 Å². The van der Waals surface area contributed by atoms with Crippen molar-refractivity contribution in [3.05, 3.63) is 57.4 Å². The molecule has 0 aliphatic carbocycles. The molecular formula is C15H14ClNO2. The Kier molecular flexibility index (Phi) is 3.58. The standard InChI is InChI=1S/C15H14ClNO2/c1-8-4-11(5-9(2)14(8)18)15(19)12-6-10(3)17-13(16)7-12/h4-7,18H,1-3H3. The van der Waals surface area contributed by atoms with Crippen LogP contribution in [0.5, 0.6) is 5.75 Å². The van der Waals surface area contributed by atoms with E-state index < -0.39 is 0 Å². The number of halogens is 1. The highest BCUT2D eigenvalue weighted by Crippen LogP contribution is 2.24. The number of nitrogens with zero attached hydrogens (tertiary/aromatic N) is 1. The fraction of sp³-hybridized carbons (Fsp3) is 0.200. The molecule has 0 saturated carbocycles. The molecule has 0 aliphatic heterocycles. The van der Waals surface area contributed by atoms with Gasteiger partial charge in [-0.2, -0.15) is 0 Å². The third-order valence-electron chi connectivity index (χ3n) is 2.94. The zero-order valence-electron chi connectivity index (χ0n) is 11.0. The molecule has 0 unspecified atom stereocenters. The number of aromatic hydroxyl groups is 1. The summed E-state index contributed by atoms with van der Waals surface area (Å²) in [5.74, 6) is 0.0964. The van der Waals surface area contributed by atoms with Crippen molar-refractivity contribution in [2.75, 3.05) is 0 Å². The summed E-state index contributed by atoms with van der Waals surface area (Å²) in [6.45, 7) is 5.32. The van der Waals surface area contributed by atoms with E-state index in [2.05, 4.69) is 4.98 Å². The second-order valence-corrected chi connectivity index (χ2v) is 4.99. The first-order valence-corrected chi connectivity index (χ1v) is 6.25. The molecule has 0 bridgehead atoms. The summed E-state index contributed by atoms with van der Waals surface area (Å²) in [6.07, 6.45) is 0. The monoisotopic (exact) mass is 275 g/mol. The lowest BCUT2D eigenvalue weighted by atomic mass is 9.99. The molecule has 98 valence electrons. The number of benzene rings is 1.